The highest BCUT2D eigenvalue weighted by molar-refractivity contribution is 5.92. The molecule has 14 heavy (non-hydrogen) atoms. The van der Waals surface area contributed by atoms with Gasteiger partial charge in [0, 0.05) is 0 Å². The second kappa shape index (κ2) is 3.12. The lowest BCUT2D eigenvalue weighted by atomic mass is 9.94. The molecule has 0 spiro atoms. The predicted octanol–water partition coefficient (Wildman–Crippen LogP) is 2.49. The molecule has 0 amide bonds. The number of aromatic carboxylic acids is 1. The van der Waals surface area contributed by atoms with Crippen LogP contribution in [0.2, 0.25) is 0 Å². The molecule has 0 saturated carbocycles. The number of hydrogen-bond donors (Lipinski definition) is 1. The topological polar surface area (TPSA) is 37.3 Å². The van der Waals surface area contributed by atoms with Crippen LogP contribution in [0.1, 0.15) is 39.0 Å². The molecule has 1 aliphatic rings. The highest BCUT2D eigenvalue weighted by atomic mass is 16.4. The van der Waals surface area contributed by atoms with Gasteiger partial charge in [0.1, 0.15) is 0 Å². The van der Waals surface area contributed by atoms with E-state index in [0.717, 1.165) is 36.0 Å². The molecule has 0 unspecified atom stereocenters. The van der Waals surface area contributed by atoms with Crippen LogP contribution in [0.3, 0.4) is 0 Å². The van der Waals surface area contributed by atoms with Gasteiger partial charge in [0.05, 0.1) is 5.56 Å². The third kappa shape index (κ3) is 1.22. The van der Waals surface area contributed by atoms with E-state index in [2.05, 4.69) is 6.07 Å². The van der Waals surface area contributed by atoms with Crippen molar-refractivity contribution in [3.05, 3.63) is 33.9 Å². The van der Waals surface area contributed by atoms with E-state index in [1.54, 1.807) is 0 Å². The highest BCUT2D eigenvalue weighted by Gasteiger charge is 2.21. The van der Waals surface area contributed by atoms with Gasteiger partial charge in [-0.2, -0.15) is 0 Å². The maximum absolute atomic E-state index is 11.1. The van der Waals surface area contributed by atoms with Crippen molar-refractivity contribution in [3.63, 3.8) is 0 Å². The van der Waals surface area contributed by atoms with Crippen LogP contribution >= 0.6 is 0 Å². The number of carbonyl (C=O) groups is 1. The summed E-state index contributed by atoms with van der Waals surface area (Å²) in [4.78, 5) is 11.1. The zero-order valence-electron chi connectivity index (χ0n) is 8.55. The number of hydrogen-bond acceptors (Lipinski definition) is 1. The minimum absolute atomic E-state index is 0.553. The summed E-state index contributed by atoms with van der Waals surface area (Å²) >= 11 is 0. The van der Waals surface area contributed by atoms with E-state index >= 15 is 0 Å². The van der Waals surface area contributed by atoms with E-state index in [1.165, 1.54) is 5.56 Å². The molecular formula is C12H14O2. The second-order valence-electron chi connectivity index (χ2n) is 3.99. The molecule has 0 aliphatic heterocycles. The molecule has 2 rings (SSSR count). The van der Waals surface area contributed by atoms with Gasteiger partial charge in [-0.3, -0.25) is 0 Å². The van der Waals surface area contributed by atoms with Gasteiger partial charge < -0.3 is 5.11 Å². The van der Waals surface area contributed by atoms with Crippen molar-refractivity contribution in [2.75, 3.05) is 0 Å². The van der Waals surface area contributed by atoms with Gasteiger partial charge in [-0.15, -0.1) is 0 Å². The summed E-state index contributed by atoms with van der Waals surface area (Å²) in [6.07, 6.45) is 3.06. The first-order valence-electron chi connectivity index (χ1n) is 4.96. The molecule has 0 fully saturated rings. The summed E-state index contributed by atoms with van der Waals surface area (Å²) in [7, 11) is 0. The summed E-state index contributed by atoms with van der Waals surface area (Å²) in [6.45, 7) is 3.89. The van der Waals surface area contributed by atoms with Crippen LogP contribution in [0.25, 0.3) is 0 Å². The number of carboxylic acid groups (broad SMARTS) is 1. The zero-order valence-corrected chi connectivity index (χ0v) is 8.55. The fourth-order valence-corrected chi connectivity index (χ4v) is 2.29. The second-order valence-corrected chi connectivity index (χ2v) is 3.99. The number of fused-ring (bicyclic) bond motifs is 1. The lowest BCUT2D eigenvalue weighted by Gasteiger charge is -2.10. The Morgan fingerprint density at radius 1 is 1.36 bits per heavy atom. The van der Waals surface area contributed by atoms with Crippen LogP contribution in [-0.2, 0) is 12.8 Å². The third-order valence-electron chi connectivity index (χ3n) is 3.13. The van der Waals surface area contributed by atoms with Crippen LogP contribution in [0.4, 0.5) is 0 Å². The van der Waals surface area contributed by atoms with Gasteiger partial charge in [0.15, 0.2) is 0 Å². The molecule has 0 aromatic heterocycles. The molecule has 2 heteroatoms. The number of benzene rings is 1. The quantitative estimate of drug-likeness (QED) is 0.738. The fourth-order valence-electron chi connectivity index (χ4n) is 2.29. The van der Waals surface area contributed by atoms with E-state index in [4.69, 9.17) is 5.11 Å². The van der Waals surface area contributed by atoms with Crippen molar-refractivity contribution in [3.8, 4) is 0 Å². The summed E-state index contributed by atoms with van der Waals surface area (Å²) in [5.41, 5.74) is 4.89. The molecule has 2 nitrogen and oxygen atoms in total. The first kappa shape index (κ1) is 9.25. The van der Waals surface area contributed by atoms with Gasteiger partial charge in [-0.05, 0) is 55.4 Å². The van der Waals surface area contributed by atoms with Crippen molar-refractivity contribution in [1.82, 2.24) is 0 Å². The Morgan fingerprint density at radius 3 is 2.71 bits per heavy atom. The van der Waals surface area contributed by atoms with Crippen LogP contribution in [-0.4, -0.2) is 11.1 Å². The van der Waals surface area contributed by atoms with Crippen LogP contribution in [0.5, 0.6) is 0 Å². The van der Waals surface area contributed by atoms with Crippen LogP contribution in [0.15, 0.2) is 6.07 Å². The lowest BCUT2D eigenvalue weighted by Crippen LogP contribution is -2.06. The molecule has 0 atom stereocenters. The Balaban J connectivity index is 2.72. The van der Waals surface area contributed by atoms with Gasteiger partial charge in [0.25, 0.3) is 0 Å². The molecule has 1 N–H and O–H groups in total. The molecule has 1 aromatic rings. The fraction of sp³-hybridized carbons (Fsp3) is 0.417. The number of aryl methyl sites for hydroxylation is 2. The minimum Gasteiger partial charge on any atom is -0.478 e. The van der Waals surface area contributed by atoms with Crippen molar-refractivity contribution in [1.29, 1.82) is 0 Å². The van der Waals surface area contributed by atoms with Crippen molar-refractivity contribution >= 4 is 5.97 Å². The molecule has 0 bridgehead atoms. The molecule has 0 radical (unpaired) electrons. The van der Waals surface area contributed by atoms with Crippen molar-refractivity contribution in [2.45, 2.75) is 33.1 Å². The van der Waals surface area contributed by atoms with Crippen LogP contribution in [0, 0.1) is 13.8 Å². The standard InChI is InChI=1S/C12H14O2/c1-7-6-9-4-3-5-10(9)11(8(7)2)12(13)14/h6H,3-5H2,1-2H3,(H,13,14). The van der Waals surface area contributed by atoms with E-state index in [9.17, 15) is 4.79 Å². The van der Waals surface area contributed by atoms with E-state index in [-0.39, 0.29) is 0 Å². The Labute approximate surface area is 83.6 Å². The first-order valence-corrected chi connectivity index (χ1v) is 4.96. The monoisotopic (exact) mass is 190 g/mol. The highest BCUT2D eigenvalue weighted by Crippen LogP contribution is 2.29. The van der Waals surface area contributed by atoms with Crippen molar-refractivity contribution < 1.29 is 9.90 Å². The van der Waals surface area contributed by atoms with E-state index < -0.39 is 5.97 Å². The first-order chi connectivity index (χ1) is 6.61. The normalized spacial score (nSPS) is 14.1. The Morgan fingerprint density at radius 2 is 2.07 bits per heavy atom. The minimum atomic E-state index is -0.774. The van der Waals surface area contributed by atoms with E-state index in [1.807, 2.05) is 13.8 Å². The Bertz CT molecular complexity index is 405. The zero-order chi connectivity index (χ0) is 10.3. The molecule has 74 valence electrons. The smallest absolute Gasteiger partial charge is 0.336 e. The molecule has 1 aliphatic carbocycles. The molecular weight excluding hydrogens is 176 g/mol. The maximum atomic E-state index is 11.1. The Hall–Kier alpha value is -1.31. The summed E-state index contributed by atoms with van der Waals surface area (Å²) in [5, 5.41) is 9.15. The van der Waals surface area contributed by atoms with Crippen molar-refractivity contribution in [2.24, 2.45) is 0 Å². The molecule has 0 saturated heterocycles. The lowest BCUT2D eigenvalue weighted by molar-refractivity contribution is 0.0695. The predicted molar refractivity (Wildman–Crippen MR) is 54.9 cm³/mol. The molecule has 0 heterocycles. The van der Waals surface area contributed by atoms with Gasteiger partial charge in [0.2, 0.25) is 0 Å². The third-order valence-corrected chi connectivity index (χ3v) is 3.13. The van der Waals surface area contributed by atoms with Gasteiger partial charge >= 0.3 is 5.97 Å². The summed E-state index contributed by atoms with van der Waals surface area (Å²) in [5.74, 6) is -0.774. The summed E-state index contributed by atoms with van der Waals surface area (Å²) in [6, 6.07) is 2.14. The molecule has 1 aromatic carbocycles. The SMILES string of the molecule is Cc1cc2c(c(C(=O)O)c1C)CCC2. The van der Waals surface area contributed by atoms with Crippen LogP contribution < -0.4 is 0 Å². The number of carboxylic acids is 1. The number of rotatable bonds is 1. The largest absolute Gasteiger partial charge is 0.478 e. The average Bonchev–Trinajstić information content (AvgIpc) is 2.52. The average molecular weight is 190 g/mol. The van der Waals surface area contributed by atoms with Gasteiger partial charge in [-0.1, -0.05) is 6.07 Å². The summed E-state index contributed by atoms with van der Waals surface area (Å²) < 4.78 is 0. The van der Waals surface area contributed by atoms with Gasteiger partial charge in [-0.25, -0.2) is 4.79 Å². The maximum Gasteiger partial charge on any atom is 0.336 e. The van der Waals surface area contributed by atoms with E-state index in [0.29, 0.717) is 5.56 Å². The Kier molecular flexibility index (Phi) is 2.06.